The molecule has 0 spiro atoms. The molecule has 3 aromatic carbocycles. The zero-order valence-electron chi connectivity index (χ0n) is 17.1. The van der Waals surface area contributed by atoms with Crippen molar-refractivity contribution in [3.05, 3.63) is 95.6 Å². The predicted octanol–water partition coefficient (Wildman–Crippen LogP) is 3.74. The SMILES string of the molecule is CC(=O)c1cccc(NC(=O)CO/N=C(/N)c2ccccc2OCc2ccccc2)c1. The lowest BCUT2D eigenvalue weighted by atomic mass is 10.1. The van der Waals surface area contributed by atoms with E-state index in [2.05, 4.69) is 10.5 Å². The van der Waals surface area contributed by atoms with E-state index >= 15 is 0 Å². The van der Waals surface area contributed by atoms with E-state index in [0.717, 1.165) is 5.56 Å². The van der Waals surface area contributed by atoms with Gasteiger partial charge in [0.05, 0.1) is 5.56 Å². The van der Waals surface area contributed by atoms with E-state index in [1.54, 1.807) is 36.4 Å². The van der Waals surface area contributed by atoms with E-state index in [4.69, 9.17) is 15.3 Å². The second-order valence-corrected chi connectivity index (χ2v) is 6.71. The highest BCUT2D eigenvalue weighted by Gasteiger charge is 2.09. The maximum Gasteiger partial charge on any atom is 0.265 e. The van der Waals surface area contributed by atoms with Crippen LogP contribution < -0.4 is 15.8 Å². The molecule has 0 saturated heterocycles. The molecule has 31 heavy (non-hydrogen) atoms. The van der Waals surface area contributed by atoms with Crippen LogP contribution in [0.4, 0.5) is 5.69 Å². The normalized spacial score (nSPS) is 10.9. The predicted molar refractivity (Wildman–Crippen MR) is 119 cm³/mol. The van der Waals surface area contributed by atoms with Crippen LogP contribution in [0.2, 0.25) is 0 Å². The van der Waals surface area contributed by atoms with E-state index < -0.39 is 5.91 Å². The number of carbonyl (C=O) groups excluding carboxylic acids is 2. The first kappa shape index (κ1) is 21.6. The van der Waals surface area contributed by atoms with Crippen molar-refractivity contribution in [3.63, 3.8) is 0 Å². The number of amides is 1. The fourth-order valence-electron chi connectivity index (χ4n) is 2.76. The Morgan fingerprint density at radius 3 is 2.48 bits per heavy atom. The molecule has 0 fully saturated rings. The van der Waals surface area contributed by atoms with Crippen molar-refractivity contribution < 1.29 is 19.2 Å². The molecule has 0 aromatic heterocycles. The maximum atomic E-state index is 12.1. The lowest BCUT2D eigenvalue weighted by molar-refractivity contribution is -0.120. The Bertz CT molecular complexity index is 1080. The van der Waals surface area contributed by atoms with E-state index in [1.165, 1.54) is 6.92 Å². The number of oxime groups is 1. The van der Waals surface area contributed by atoms with Gasteiger partial charge in [-0.1, -0.05) is 59.8 Å². The van der Waals surface area contributed by atoms with Gasteiger partial charge in [0.25, 0.3) is 5.91 Å². The maximum absolute atomic E-state index is 12.1. The summed E-state index contributed by atoms with van der Waals surface area (Å²) >= 11 is 0. The van der Waals surface area contributed by atoms with Crippen molar-refractivity contribution in [3.8, 4) is 5.75 Å². The first-order valence-corrected chi connectivity index (χ1v) is 9.65. The molecule has 0 aliphatic carbocycles. The fourth-order valence-corrected chi connectivity index (χ4v) is 2.76. The van der Waals surface area contributed by atoms with Crippen molar-refractivity contribution in [2.24, 2.45) is 10.9 Å². The third-order valence-electron chi connectivity index (χ3n) is 4.31. The number of amidine groups is 1. The molecule has 0 radical (unpaired) electrons. The molecule has 3 rings (SSSR count). The number of carbonyl (C=O) groups is 2. The van der Waals surface area contributed by atoms with Gasteiger partial charge in [0, 0.05) is 11.3 Å². The monoisotopic (exact) mass is 417 g/mol. The van der Waals surface area contributed by atoms with Crippen LogP contribution in [0.5, 0.6) is 5.75 Å². The van der Waals surface area contributed by atoms with Crippen molar-refractivity contribution in [2.45, 2.75) is 13.5 Å². The van der Waals surface area contributed by atoms with Crippen LogP contribution in [0.3, 0.4) is 0 Å². The zero-order chi connectivity index (χ0) is 22.1. The Morgan fingerprint density at radius 1 is 0.968 bits per heavy atom. The van der Waals surface area contributed by atoms with E-state index in [-0.39, 0.29) is 18.2 Å². The average Bonchev–Trinajstić information content (AvgIpc) is 2.78. The Morgan fingerprint density at radius 2 is 1.71 bits per heavy atom. The minimum absolute atomic E-state index is 0.0853. The van der Waals surface area contributed by atoms with Crippen LogP contribution in [-0.2, 0) is 16.2 Å². The number of para-hydroxylation sites is 1. The van der Waals surface area contributed by atoms with Gasteiger partial charge in [-0.2, -0.15) is 0 Å². The summed E-state index contributed by atoms with van der Waals surface area (Å²) in [6.45, 7) is 1.51. The number of benzene rings is 3. The Kier molecular flexibility index (Phi) is 7.37. The second kappa shape index (κ2) is 10.6. The Balaban J connectivity index is 1.57. The molecule has 0 unspecified atom stereocenters. The number of anilines is 1. The molecule has 1 amide bonds. The third kappa shape index (κ3) is 6.43. The molecule has 7 heteroatoms. The second-order valence-electron chi connectivity index (χ2n) is 6.71. The van der Waals surface area contributed by atoms with Gasteiger partial charge in [0.1, 0.15) is 12.4 Å². The number of nitrogens with one attached hydrogen (secondary N) is 1. The highest BCUT2D eigenvalue weighted by atomic mass is 16.6. The highest BCUT2D eigenvalue weighted by Crippen LogP contribution is 2.19. The number of nitrogens with two attached hydrogens (primary N) is 1. The zero-order valence-corrected chi connectivity index (χ0v) is 17.1. The van der Waals surface area contributed by atoms with E-state index in [1.807, 2.05) is 42.5 Å². The van der Waals surface area contributed by atoms with E-state index in [9.17, 15) is 9.59 Å². The van der Waals surface area contributed by atoms with Crippen molar-refractivity contribution in [2.75, 3.05) is 11.9 Å². The van der Waals surface area contributed by atoms with Crippen LogP contribution in [-0.4, -0.2) is 24.1 Å². The largest absolute Gasteiger partial charge is 0.488 e. The number of rotatable bonds is 9. The standard InChI is InChI=1S/C24H23N3O4/c1-17(28)19-10-7-11-20(14-19)26-23(29)16-31-27-24(25)21-12-5-6-13-22(21)30-15-18-8-3-2-4-9-18/h2-14H,15-16H2,1H3,(H2,25,27)(H,26,29). The van der Waals surface area contributed by atoms with E-state index in [0.29, 0.717) is 29.2 Å². The molecule has 0 bridgehead atoms. The van der Waals surface area contributed by atoms with Crippen molar-refractivity contribution in [1.29, 1.82) is 0 Å². The quantitative estimate of drug-likeness (QED) is 0.239. The topological polar surface area (TPSA) is 103 Å². The molecule has 7 nitrogen and oxygen atoms in total. The molecule has 0 heterocycles. The van der Waals surface area contributed by atoms with Gasteiger partial charge in [-0.05, 0) is 36.8 Å². The van der Waals surface area contributed by atoms with Gasteiger partial charge < -0.3 is 20.6 Å². The lowest BCUT2D eigenvalue weighted by Crippen LogP contribution is -2.20. The first-order chi connectivity index (χ1) is 15.0. The summed E-state index contributed by atoms with van der Waals surface area (Å²) in [7, 11) is 0. The van der Waals surface area contributed by atoms with Crippen LogP contribution in [0.15, 0.2) is 84.0 Å². The molecule has 3 N–H and O–H groups in total. The number of hydrogen-bond donors (Lipinski definition) is 2. The summed E-state index contributed by atoms with van der Waals surface area (Å²) < 4.78 is 5.86. The van der Waals surface area contributed by atoms with Crippen LogP contribution >= 0.6 is 0 Å². The molecule has 0 aliphatic heterocycles. The number of nitrogens with zero attached hydrogens (tertiary/aromatic N) is 1. The number of ether oxygens (including phenoxy) is 1. The molecular weight excluding hydrogens is 394 g/mol. The summed E-state index contributed by atoms with van der Waals surface area (Å²) in [6.07, 6.45) is 0. The minimum Gasteiger partial charge on any atom is -0.488 e. The summed E-state index contributed by atoms with van der Waals surface area (Å²) in [5.74, 6) is 0.139. The van der Waals surface area contributed by atoms with Crippen LogP contribution in [0.25, 0.3) is 0 Å². The molecule has 0 saturated carbocycles. The van der Waals surface area contributed by atoms with Crippen molar-refractivity contribution >= 4 is 23.2 Å². The number of ketones is 1. The smallest absolute Gasteiger partial charge is 0.265 e. The molecular formula is C24H23N3O4. The van der Waals surface area contributed by atoms with Crippen LogP contribution in [0, 0.1) is 0 Å². The van der Waals surface area contributed by atoms with Gasteiger partial charge in [-0.25, -0.2) is 0 Å². The van der Waals surface area contributed by atoms with Crippen molar-refractivity contribution in [1.82, 2.24) is 0 Å². The van der Waals surface area contributed by atoms with Gasteiger partial charge in [-0.15, -0.1) is 0 Å². The van der Waals surface area contributed by atoms with Gasteiger partial charge >= 0.3 is 0 Å². The third-order valence-corrected chi connectivity index (χ3v) is 4.31. The minimum atomic E-state index is -0.425. The molecule has 158 valence electrons. The molecule has 0 atom stereocenters. The number of Topliss-reactive ketones (excluding diaryl/α,β-unsaturated/α-hetero) is 1. The van der Waals surface area contributed by atoms with Crippen LogP contribution in [0.1, 0.15) is 28.4 Å². The summed E-state index contributed by atoms with van der Waals surface area (Å²) in [5, 5.41) is 6.49. The lowest BCUT2D eigenvalue weighted by Gasteiger charge is -2.11. The Hall–Kier alpha value is -4.13. The first-order valence-electron chi connectivity index (χ1n) is 9.65. The molecule has 3 aromatic rings. The Labute approximate surface area is 180 Å². The molecule has 0 aliphatic rings. The number of hydrogen-bond acceptors (Lipinski definition) is 5. The van der Waals surface area contributed by atoms with Gasteiger partial charge in [0.2, 0.25) is 0 Å². The summed E-state index contributed by atoms with van der Waals surface area (Å²) in [4.78, 5) is 28.6. The average molecular weight is 417 g/mol. The summed E-state index contributed by atoms with van der Waals surface area (Å²) in [6, 6.07) is 23.6. The summed E-state index contributed by atoms with van der Waals surface area (Å²) in [5.41, 5.74) is 8.62. The fraction of sp³-hybridized carbons (Fsp3) is 0.125. The highest BCUT2D eigenvalue weighted by molar-refractivity contribution is 6.00. The van der Waals surface area contributed by atoms with Gasteiger partial charge in [-0.3, -0.25) is 9.59 Å². The van der Waals surface area contributed by atoms with Gasteiger partial charge in [0.15, 0.2) is 18.2 Å².